The van der Waals surface area contributed by atoms with Gasteiger partial charge in [0.25, 0.3) is 11.8 Å². The number of aryl methyl sites for hydroxylation is 1. The molecule has 0 radical (unpaired) electrons. The largest absolute Gasteiger partial charge is 0.497 e. The van der Waals surface area contributed by atoms with E-state index in [1.807, 2.05) is 19.1 Å². The molecule has 1 aliphatic rings. The van der Waals surface area contributed by atoms with Crippen LogP contribution in [0.15, 0.2) is 60.9 Å². The highest BCUT2D eigenvalue weighted by molar-refractivity contribution is 5.99. The molecule has 3 rings (SSSR count). The van der Waals surface area contributed by atoms with Crippen molar-refractivity contribution in [3.63, 3.8) is 0 Å². The minimum Gasteiger partial charge on any atom is -0.497 e. The normalized spacial score (nSPS) is 15.7. The van der Waals surface area contributed by atoms with E-state index in [4.69, 9.17) is 9.84 Å². The molecule has 7 heteroatoms. The number of aliphatic carboxylic acids is 1. The van der Waals surface area contributed by atoms with Crippen molar-refractivity contribution in [3.05, 3.63) is 77.6 Å². The van der Waals surface area contributed by atoms with E-state index in [1.165, 1.54) is 4.90 Å². The van der Waals surface area contributed by atoms with Gasteiger partial charge < -0.3 is 14.7 Å². The molecule has 1 atom stereocenters. The van der Waals surface area contributed by atoms with Crippen molar-refractivity contribution < 1.29 is 24.2 Å². The number of ether oxygens (including phenoxy) is 1. The predicted octanol–water partition coefficient (Wildman–Crippen LogP) is 4.15. The number of carbonyl (C=O) groups is 3. The molecule has 2 aromatic rings. The molecule has 1 heterocycles. The number of carbonyl (C=O) groups excluding carboxylic acids is 2. The fraction of sp³-hybridized carbons (Fsp3) is 0.320. The van der Waals surface area contributed by atoms with Crippen LogP contribution in [-0.4, -0.2) is 46.3 Å². The van der Waals surface area contributed by atoms with Gasteiger partial charge in [-0.25, -0.2) is 0 Å². The molecule has 7 nitrogen and oxygen atoms in total. The number of hydrogen-bond donors (Lipinski definition) is 1. The molecule has 0 aromatic heterocycles. The van der Waals surface area contributed by atoms with Crippen molar-refractivity contribution in [3.8, 4) is 5.75 Å². The van der Waals surface area contributed by atoms with E-state index in [0.717, 1.165) is 5.56 Å². The molecule has 0 aliphatic carbocycles. The van der Waals surface area contributed by atoms with Crippen molar-refractivity contribution in [2.24, 2.45) is 0 Å². The van der Waals surface area contributed by atoms with E-state index in [0.29, 0.717) is 42.7 Å². The summed E-state index contributed by atoms with van der Waals surface area (Å²) in [5.74, 6) is -0.601. The molecule has 0 bridgehead atoms. The molecular formula is C25H28N2O5. The molecule has 32 heavy (non-hydrogen) atoms. The summed E-state index contributed by atoms with van der Waals surface area (Å²) < 4.78 is 5.22. The van der Waals surface area contributed by atoms with Crippen LogP contribution >= 0.6 is 0 Å². The maximum atomic E-state index is 13.4. The SMILES string of the molecule is COc1ccc(C2C(=O)N(CCCCCC(=O)O)C=CN2C(=O)c2ccc(C)cc2)cc1. The second-order valence-electron chi connectivity index (χ2n) is 7.79. The van der Waals surface area contributed by atoms with Gasteiger partial charge in [-0.3, -0.25) is 19.3 Å². The monoisotopic (exact) mass is 436 g/mol. The topological polar surface area (TPSA) is 87.2 Å². The first kappa shape index (κ1) is 23.1. The van der Waals surface area contributed by atoms with Crippen molar-refractivity contribution in [1.29, 1.82) is 0 Å². The third-order valence-electron chi connectivity index (χ3n) is 5.46. The van der Waals surface area contributed by atoms with Crippen LogP contribution < -0.4 is 4.74 Å². The smallest absolute Gasteiger partial charge is 0.303 e. The Kier molecular flexibility index (Phi) is 7.65. The lowest BCUT2D eigenvalue weighted by Crippen LogP contribution is -2.45. The summed E-state index contributed by atoms with van der Waals surface area (Å²) in [6.07, 6.45) is 5.37. The van der Waals surface area contributed by atoms with Crippen LogP contribution in [0.25, 0.3) is 0 Å². The molecule has 1 aliphatic heterocycles. The number of carboxylic acid groups (broad SMARTS) is 1. The van der Waals surface area contributed by atoms with Gasteiger partial charge in [0.15, 0.2) is 0 Å². The minimum atomic E-state index is -0.816. The van der Waals surface area contributed by atoms with Crippen LogP contribution in [0.4, 0.5) is 0 Å². The van der Waals surface area contributed by atoms with Crippen LogP contribution in [0, 0.1) is 6.92 Å². The summed E-state index contributed by atoms with van der Waals surface area (Å²) in [5.41, 5.74) is 2.25. The number of carboxylic acids is 1. The molecule has 1 N–H and O–H groups in total. The van der Waals surface area contributed by atoms with Gasteiger partial charge in [0, 0.05) is 30.9 Å². The summed E-state index contributed by atoms with van der Waals surface area (Å²) in [7, 11) is 1.57. The van der Waals surface area contributed by atoms with Crippen LogP contribution in [0.1, 0.15) is 53.2 Å². The summed E-state index contributed by atoms with van der Waals surface area (Å²) in [4.78, 5) is 40.4. The summed E-state index contributed by atoms with van der Waals surface area (Å²) >= 11 is 0. The van der Waals surface area contributed by atoms with Crippen LogP contribution in [0.5, 0.6) is 5.75 Å². The minimum absolute atomic E-state index is 0.122. The Hall–Kier alpha value is -3.61. The van der Waals surface area contributed by atoms with E-state index < -0.39 is 12.0 Å². The van der Waals surface area contributed by atoms with Gasteiger partial charge in [-0.1, -0.05) is 36.2 Å². The molecule has 0 saturated carbocycles. The molecule has 1 unspecified atom stereocenters. The Morgan fingerprint density at radius 2 is 1.66 bits per heavy atom. The number of hydrogen-bond acceptors (Lipinski definition) is 4. The van der Waals surface area contributed by atoms with Crippen molar-refractivity contribution in [2.45, 2.75) is 38.6 Å². The highest BCUT2D eigenvalue weighted by Gasteiger charge is 2.36. The zero-order chi connectivity index (χ0) is 23.1. The van der Waals surface area contributed by atoms with Gasteiger partial charge in [-0.05, 0) is 49.6 Å². The van der Waals surface area contributed by atoms with Crippen molar-refractivity contribution in [2.75, 3.05) is 13.7 Å². The zero-order valence-electron chi connectivity index (χ0n) is 18.4. The van der Waals surface area contributed by atoms with E-state index in [2.05, 4.69) is 0 Å². The lowest BCUT2D eigenvalue weighted by molar-refractivity contribution is -0.137. The standard InChI is InChI=1S/C25H28N2O5/c1-18-7-9-20(10-8-18)24(30)27-17-16-26(15-5-3-4-6-22(28)29)25(31)23(27)19-11-13-21(32-2)14-12-19/h7-14,16-17,23H,3-6,15H2,1-2H3,(H,28,29). The number of benzene rings is 2. The van der Waals surface area contributed by atoms with Gasteiger partial charge >= 0.3 is 5.97 Å². The van der Waals surface area contributed by atoms with Crippen molar-refractivity contribution >= 4 is 17.8 Å². The highest BCUT2D eigenvalue weighted by atomic mass is 16.5. The highest BCUT2D eigenvalue weighted by Crippen LogP contribution is 2.30. The van der Waals surface area contributed by atoms with Crippen molar-refractivity contribution in [1.82, 2.24) is 9.80 Å². The molecule has 0 spiro atoms. The second kappa shape index (κ2) is 10.6. The third kappa shape index (κ3) is 5.55. The second-order valence-corrected chi connectivity index (χ2v) is 7.79. The molecular weight excluding hydrogens is 408 g/mol. The third-order valence-corrected chi connectivity index (χ3v) is 5.46. The fourth-order valence-corrected chi connectivity index (χ4v) is 3.63. The average Bonchev–Trinajstić information content (AvgIpc) is 2.79. The van der Waals surface area contributed by atoms with Crippen LogP contribution in [0.3, 0.4) is 0 Å². The number of rotatable bonds is 9. The Morgan fingerprint density at radius 1 is 0.969 bits per heavy atom. The maximum Gasteiger partial charge on any atom is 0.303 e. The van der Waals surface area contributed by atoms with E-state index >= 15 is 0 Å². The lowest BCUT2D eigenvalue weighted by Gasteiger charge is -2.36. The van der Waals surface area contributed by atoms with Gasteiger partial charge in [0.05, 0.1) is 7.11 Å². The summed E-state index contributed by atoms with van der Waals surface area (Å²) in [5, 5.41) is 8.77. The number of amides is 2. The fourth-order valence-electron chi connectivity index (χ4n) is 3.63. The first-order chi connectivity index (χ1) is 15.4. The Balaban J connectivity index is 1.83. The molecule has 0 fully saturated rings. The number of unbranched alkanes of at least 4 members (excludes halogenated alkanes) is 2. The molecule has 0 saturated heterocycles. The van der Waals surface area contributed by atoms with E-state index in [-0.39, 0.29) is 18.2 Å². The molecule has 2 amide bonds. The Bertz CT molecular complexity index is 982. The zero-order valence-corrected chi connectivity index (χ0v) is 18.4. The quantitative estimate of drug-likeness (QED) is 0.597. The summed E-state index contributed by atoms with van der Waals surface area (Å²) in [6.45, 7) is 2.42. The molecule has 168 valence electrons. The maximum absolute atomic E-state index is 13.4. The predicted molar refractivity (Wildman–Crippen MR) is 120 cm³/mol. The van der Waals surface area contributed by atoms with E-state index in [1.54, 1.807) is 60.8 Å². The van der Waals surface area contributed by atoms with Gasteiger partial charge in [0.2, 0.25) is 0 Å². The van der Waals surface area contributed by atoms with Gasteiger partial charge in [-0.2, -0.15) is 0 Å². The summed E-state index contributed by atoms with van der Waals surface area (Å²) in [6, 6.07) is 13.6. The van der Waals surface area contributed by atoms with Crippen LogP contribution in [-0.2, 0) is 9.59 Å². The number of methoxy groups -OCH3 is 1. The van der Waals surface area contributed by atoms with Gasteiger partial charge in [-0.15, -0.1) is 0 Å². The van der Waals surface area contributed by atoms with E-state index in [9.17, 15) is 14.4 Å². The first-order valence-electron chi connectivity index (χ1n) is 10.6. The lowest BCUT2D eigenvalue weighted by atomic mass is 10.0. The average molecular weight is 437 g/mol. The van der Waals surface area contributed by atoms with Crippen LogP contribution in [0.2, 0.25) is 0 Å². The Morgan fingerprint density at radius 3 is 2.28 bits per heavy atom. The molecule has 2 aromatic carbocycles. The van der Waals surface area contributed by atoms with Gasteiger partial charge in [0.1, 0.15) is 11.8 Å². The first-order valence-corrected chi connectivity index (χ1v) is 10.6. The number of nitrogens with zero attached hydrogens (tertiary/aromatic N) is 2. The Labute approximate surface area is 187 Å².